The van der Waals surface area contributed by atoms with E-state index in [2.05, 4.69) is 5.32 Å². The van der Waals surface area contributed by atoms with E-state index in [1.54, 1.807) is 6.07 Å². The molecule has 1 fully saturated rings. The van der Waals surface area contributed by atoms with Gasteiger partial charge in [0.25, 0.3) is 0 Å². The average Bonchev–Trinajstić information content (AvgIpc) is 2.99. The van der Waals surface area contributed by atoms with Crippen molar-refractivity contribution in [1.29, 1.82) is 0 Å². The second-order valence-corrected chi connectivity index (χ2v) is 5.92. The van der Waals surface area contributed by atoms with Gasteiger partial charge in [0.05, 0.1) is 23.9 Å². The van der Waals surface area contributed by atoms with Gasteiger partial charge in [0.2, 0.25) is 0 Å². The van der Waals surface area contributed by atoms with E-state index in [-0.39, 0.29) is 5.97 Å². The maximum absolute atomic E-state index is 12.3. The summed E-state index contributed by atoms with van der Waals surface area (Å²) in [7, 11) is 0. The first-order valence-corrected chi connectivity index (χ1v) is 7.66. The molecule has 2 aliphatic heterocycles. The van der Waals surface area contributed by atoms with Gasteiger partial charge in [-0.15, -0.1) is 0 Å². The molecule has 0 aromatic heterocycles. The van der Waals surface area contributed by atoms with Crippen LogP contribution >= 0.6 is 11.6 Å². The van der Waals surface area contributed by atoms with Crippen LogP contribution in [0.5, 0.6) is 5.75 Å². The summed E-state index contributed by atoms with van der Waals surface area (Å²) in [5.41, 5.74) is 7.62. The lowest BCUT2D eigenvalue weighted by molar-refractivity contribution is 0.0412. The number of hydrogen-bond acceptors (Lipinski definition) is 5. The van der Waals surface area contributed by atoms with Crippen molar-refractivity contribution in [2.45, 2.75) is 19.3 Å². The average molecular weight is 311 g/mol. The molecule has 0 amide bonds. The van der Waals surface area contributed by atoms with Crippen LogP contribution in [0.3, 0.4) is 0 Å². The molecule has 3 N–H and O–H groups in total. The molecule has 6 heteroatoms. The molecule has 0 bridgehead atoms. The number of halogens is 1. The molecule has 0 radical (unpaired) electrons. The van der Waals surface area contributed by atoms with Crippen molar-refractivity contribution < 1.29 is 14.3 Å². The maximum atomic E-state index is 12.3. The molecule has 0 spiro atoms. The van der Waals surface area contributed by atoms with Gasteiger partial charge in [-0.25, -0.2) is 4.79 Å². The summed E-state index contributed by atoms with van der Waals surface area (Å²) in [5.74, 6) is 0.578. The number of piperidine rings is 1. The van der Waals surface area contributed by atoms with Gasteiger partial charge < -0.3 is 20.5 Å². The number of ether oxygens (including phenoxy) is 2. The fraction of sp³-hybridized carbons (Fsp3) is 0.533. The number of carbonyl (C=O) groups excluding carboxylic acids is 1. The Kier molecular flexibility index (Phi) is 4.22. The number of esters is 1. The number of benzene rings is 1. The zero-order chi connectivity index (χ0) is 14.8. The lowest BCUT2D eigenvalue weighted by atomic mass is 9.99. The van der Waals surface area contributed by atoms with Crippen LogP contribution in [0, 0.1) is 5.92 Å². The van der Waals surface area contributed by atoms with E-state index >= 15 is 0 Å². The van der Waals surface area contributed by atoms with Crippen LogP contribution in [0.15, 0.2) is 6.07 Å². The summed E-state index contributed by atoms with van der Waals surface area (Å²) in [5, 5.41) is 3.67. The fourth-order valence-electron chi connectivity index (χ4n) is 2.84. The minimum atomic E-state index is -0.381. The lowest BCUT2D eigenvalue weighted by Crippen LogP contribution is -2.30. The molecule has 1 saturated heterocycles. The third-order valence-electron chi connectivity index (χ3n) is 4.10. The fourth-order valence-corrected chi connectivity index (χ4v) is 3.06. The van der Waals surface area contributed by atoms with Gasteiger partial charge in [-0.05, 0) is 37.9 Å². The third kappa shape index (κ3) is 2.94. The van der Waals surface area contributed by atoms with E-state index in [1.165, 1.54) is 0 Å². The van der Waals surface area contributed by atoms with Gasteiger partial charge in [0.1, 0.15) is 11.3 Å². The van der Waals surface area contributed by atoms with Crippen molar-refractivity contribution in [1.82, 2.24) is 5.32 Å². The lowest BCUT2D eigenvalue weighted by Gasteiger charge is -2.22. The van der Waals surface area contributed by atoms with Crippen molar-refractivity contribution in [3.63, 3.8) is 0 Å². The number of carbonyl (C=O) groups is 1. The van der Waals surface area contributed by atoms with Gasteiger partial charge in [0, 0.05) is 12.0 Å². The summed E-state index contributed by atoms with van der Waals surface area (Å²) >= 11 is 6.09. The SMILES string of the molecule is Nc1c(Cl)cc(C(=O)OCC2CCNCC2)c2c1CCO2. The van der Waals surface area contributed by atoms with E-state index in [0.29, 0.717) is 47.6 Å². The normalized spacial score (nSPS) is 18.1. The molecule has 0 unspecified atom stereocenters. The molecule has 0 saturated carbocycles. The predicted molar refractivity (Wildman–Crippen MR) is 80.9 cm³/mol. The van der Waals surface area contributed by atoms with Gasteiger partial charge in [-0.1, -0.05) is 11.6 Å². The van der Waals surface area contributed by atoms with Crippen LogP contribution in [-0.4, -0.2) is 32.3 Å². The minimum absolute atomic E-state index is 0.381. The van der Waals surface area contributed by atoms with Gasteiger partial charge >= 0.3 is 5.97 Å². The highest BCUT2D eigenvalue weighted by Gasteiger charge is 2.26. The summed E-state index contributed by atoms with van der Waals surface area (Å²) in [6.45, 7) is 2.93. The second-order valence-electron chi connectivity index (χ2n) is 5.52. The first kappa shape index (κ1) is 14.5. The van der Waals surface area contributed by atoms with Crippen LogP contribution in [0.1, 0.15) is 28.8 Å². The molecule has 5 nitrogen and oxygen atoms in total. The number of nitrogens with two attached hydrogens (primary N) is 1. The van der Waals surface area contributed by atoms with Crippen LogP contribution in [0.25, 0.3) is 0 Å². The molecular formula is C15H19ClN2O3. The Morgan fingerprint density at radius 1 is 1.48 bits per heavy atom. The number of nitrogens with one attached hydrogen (secondary N) is 1. The standard InChI is InChI=1S/C15H19ClN2O3/c16-12-7-11(14-10(13(12)17)3-6-20-14)15(19)21-8-9-1-4-18-5-2-9/h7,9,18H,1-6,8,17H2. The smallest absolute Gasteiger partial charge is 0.341 e. The second kappa shape index (κ2) is 6.12. The number of nitrogen functional groups attached to an aromatic ring is 1. The highest BCUT2D eigenvalue weighted by atomic mass is 35.5. The Bertz CT molecular complexity index is 556. The summed E-state index contributed by atoms with van der Waals surface area (Å²) < 4.78 is 11.0. The van der Waals surface area contributed by atoms with Gasteiger partial charge in [-0.3, -0.25) is 0 Å². The Hall–Kier alpha value is -1.46. The monoisotopic (exact) mass is 310 g/mol. The molecule has 1 aromatic rings. The zero-order valence-electron chi connectivity index (χ0n) is 11.8. The van der Waals surface area contributed by atoms with Crippen LogP contribution in [0.2, 0.25) is 5.02 Å². The van der Waals surface area contributed by atoms with Crippen molar-refractivity contribution in [2.75, 3.05) is 32.0 Å². The quantitative estimate of drug-likeness (QED) is 0.660. The highest BCUT2D eigenvalue weighted by molar-refractivity contribution is 6.33. The van der Waals surface area contributed by atoms with E-state index in [0.717, 1.165) is 31.5 Å². The molecule has 1 aromatic carbocycles. The van der Waals surface area contributed by atoms with Crippen LogP contribution in [-0.2, 0) is 11.2 Å². The minimum Gasteiger partial charge on any atom is -0.492 e. The number of fused-ring (bicyclic) bond motifs is 1. The van der Waals surface area contributed by atoms with E-state index in [1.807, 2.05) is 0 Å². The van der Waals surface area contributed by atoms with E-state index < -0.39 is 0 Å². The summed E-state index contributed by atoms with van der Waals surface area (Å²) in [4.78, 5) is 12.3. The summed E-state index contributed by atoms with van der Waals surface area (Å²) in [6, 6.07) is 1.55. The zero-order valence-corrected chi connectivity index (χ0v) is 12.5. The van der Waals surface area contributed by atoms with Crippen LogP contribution in [0.4, 0.5) is 5.69 Å². The van der Waals surface area contributed by atoms with Crippen LogP contribution < -0.4 is 15.8 Å². The Morgan fingerprint density at radius 2 is 2.24 bits per heavy atom. The van der Waals surface area contributed by atoms with E-state index in [9.17, 15) is 4.79 Å². The molecule has 2 aliphatic rings. The third-order valence-corrected chi connectivity index (χ3v) is 4.41. The van der Waals surface area contributed by atoms with Crippen molar-refractivity contribution in [2.24, 2.45) is 5.92 Å². The van der Waals surface area contributed by atoms with Crippen molar-refractivity contribution >= 4 is 23.3 Å². The molecule has 3 rings (SSSR count). The Morgan fingerprint density at radius 3 is 3.00 bits per heavy atom. The van der Waals surface area contributed by atoms with Crippen molar-refractivity contribution in [3.8, 4) is 5.75 Å². The highest BCUT2D eigenvalue weighted by Crippen LogP contribution is 2.39. The topological polar surface area (TPSA) is 73.6 Å². The van der Waals surface area contributed by atoms with Gasteiger partial charge in [-0.2, -0.15) is 0 Å². The first-order valence-electron chi connectivity index (χ1n) is 7.28. The number of hydrogen-bond donors (Lipinski definition) is 2. The van der Waals surface area contributed by atoms with Gasteiger partial charge in [0.15, 0.2) is 0 Å². The van der Waals surface area contributed by atoms with E-state index in [4.69, 9.17) is 26.8 Å². The molecule has 21 heavy (non-hydrogen) atoms. The molecule has 114 valence electrons. The Labute approximate surface area is 128 Å². The molecular weight excluding hydrogens is 292 g/mol. The summed E-state index contributed by atoms with van der Waals surface area (Å²) in [6.07, 6.45) is 2.74. The maximum Gasteiger partial charge on any atom is 0.341 e. The van der Waals surface area contributed by atoms with Crippen molar-refractivity contribution in [3.05, 3.63) is 22.2 Å². The predicted octanol–water partition coefficient (Wildman–Crippen LogP) is 2.01. The molecule has 0 aliphatic carbocycles. The molecule has 2 heterocycles. The first-order chi connectivity index (χ1) is 10.2. The Balaban J connectivity index is 1.73. The molecule has 0 atom stereocenters. The largest absolute Gasteiger partial charge is 0.492 e. The number of rotatable bonds is 3. The number of anilines is 1.